The summed E-state index contributed by atoms with van der Waals surface area (Å²) >= 11 is 0. The monoisotopic (exact) mass is 260 g/mol. The Bertz CT molecular complexity index is 431. The van der Waals surface area contributed by atoms with Gasteiger partial charge in [-0.25, -0.2) is 0 Å². The molecule has 2 rings (SSSR count). The van der Waals surface area contributed by atoms with Crippen molar-refractivity contribution in [2.45, 2.75) is 31.9 Å². The summed E-state index contributed by atoms with van der Waals surface area (Å²) in [6, 6.07) is 1.61. The van der Waals surface area contributed by atoms with Gasteiger partial charge in [-0.3, -0.25) is 9.48 Å². The minimum absolute atomic E-state index is 0.0484. The van der Waals surface area contributed by atoms with E-state index in [4.69, 9.17) is 0 Å². The summed E-state index contributed by atoms with van der Waals surface area (Å²) in [5.74, 6) is -1.68. The molecule has 0 saturated heterocycles. The van der Waals surface area contributed by atoms with E-state index in [1.807, 2.05) is 0 Å². The molecule has 18 heavy (non-hydrogen) atoms. The first-order chi connectivity index (χ1) is 8.38. The average Bonchev–Trinajstić information content (AvgIpc) is 2.74. The van der Waals surface area contributed by atoms with E-state index in [1.54, 1.807) is 19.3 Å². The molecular weight excluding hydrogens is 245 g/mol. The highest BCUT2D eigenvalue weighted by atomic mass is 19.4. The molecule has 1 saturated carbocycles. The summed E-state index contributed by atoms with van der Waals surface area (Å²) in [5, 5.41) is 4.00. The molecule has 1 aromatic heterocycles. The first kappa shape index (κ1) is 13.1. The first-order valence-corrected chi connectivity index (χ1v) is 5.98. The summed E-state index contributed by atoms with van der Waals surface area (Å²) < 4.78 is 39.0. The van der Waals surface area contributed by atoms with E-state index in [-0.39, 0.29) is 24.5 Å². The van der Waals surface area contributed by atoms with Crippen molar-refractivity contribution >= 4 is 5.78 Å². The third kappa shape index (κ3) is 2.73. The second kappa shape index (κ2) is 4.74. The number of nitrogens with zero attached hydrogens (tertiary/aromatic N) is 2. The maximum atomic E-state index is 12.5. The molecule has 100 valence electrons. The summed E-state index contributed by atoms with van der Waals surface area (Å²) in [5.41, 5.74) is 0.355. The van der Waals surface area contributed by atoms with Crippen LogP contribution in [0.25, 0.3) is 0 Å². The summed E-state index contributed by atoms with van der Waals surface area (Å²) in [7, 11) is 1.71. The van der Waals surface area contributed by atoms with Crippen LogP contribution in [0, 0.1) is 11.8 Å². The Balaban J connectivity index is 1.96. The number of aromatic nitrogens is 2. The number of rotatable bonds is 2. The van der Waals surface area contributed by atoms with E-state index >= 15 is 0 Å². The van der Waals surface area contributed by atoms with Crippen LogP contribution in [0.15, 0.2) is 12.3 Å². The maximum Gasteiger partial charge on any atom is 0.391 e. The van der Waals surface area contributed by atoms with E-state index in [2.05, 4.69) is 5.10 Å². The zero-order valence-corrected chi connectivity index (χ0v) is 10.1. The maximum absolute atomic E-state index is 12.5. The van der Waals surface area contributed by atoms with Gasteiger partial charge in [0.1, 0.15) is 5.69 Å². The van der Waals surface area contributed by atoms with Crippen molar-refractivity contribution in [3.8, 4) is 0 Å². The predicted molar refractivity (Wildman–Crippen MR) is 59.0 cm³/mol. The number of hydrogen-bond donors (Lipinski definition) is 0. The zero-order chi connectivity index (χ0) is 13.3. The lowest BCUT2D eigenvalue weighted by Gasteiger charge is -2.28. The molecule has 1 heterocycles. The SMILES string of the molecule is Cn1ccc(C(=O)C2CCC(C(F)(F)F)CC2)n1. The minimum atomic E-state index is -4.13. The fourth-order valence-corrected chi connectivity index (χ4v) is 2.44. The topological polar surface area (TPSA) is 34.9 Å². The van der Waals surface area contributed by atoms with E-state index in [1.165, 1.54) is 4.68 Å². The number of carbonyl (C=O) groups excluding carboxylic acids is 1. The van der Waals surface area contributed by atoms with Gasteiger partial charge in [-0.05, 0) is 31.7 Å². The fraction of sp³-hybridized carbons (Fsp3) is 0.667. The summed E-state index contributed by atoms with van der Waals surface area (Å²) in [4.78, 5) is 12.0. The number of halogens is 3. The lowest BCUT2D eigenvalue weighted by molar-refractivity contribution is -0.183. The Hall–Kier alpha value is -1.33. The molecule has 0 radical (unpaired) electrons. The molecule has 1 aliphatic rings. The molecule has 1 aromatic rings. The molecule has 0 N–H and O–H groups in total. The molecule has 0 aliphatic heterocycles. The normalized spacial score (nSPS) is 25.1. The molecule has 6 heteroatoms. The van der Waals surface area contributed by atoms with Crippen molar-refractivity contribution in [3.63, 3.8) is 0 Å². The number of Topliss-reactive ketones (excluding diaryl/α,β-unsaturated/α-hetero) is 1. The Labute approximate surface area is 103 Å². The van der Waals surface area contributed by atoms with Crippen LogP contribution in [0.1, 0.15) is 36.2 Å². The van der Waals surface area contributed by atoms with E-state index in [9.17, 15) is 18.0 Å². The van der Waals surface area contributed by atoms with Gasteiger partial charge in [0.2, 0.25) is 0 Å². The molecule has 0 unspecified atom stereocenters. The number of aryl methyl sites for hydroxylation is 1. The van der Waals surface area contributed by atoms with Crippen LogP contribution in [0.5, 0.6) is 0 Å². The van der Waals surface area contributed by atoms with Crippen LogP contribution in [0.4, 0.5) is 13.2 Å². The highest BCUT2D eigenvalue weighted by molar-refractivity contribution is 5.96. The Morgan fingerprint density at radius 2 is 1.94 bits per heavy atom. The van der Waals surface area contributed by atoms with Crippen LogP contribution in [0.2, 0.25) is 0 Å². The van der Waals surface area contributed by atoms with E-state index < -0.39 is 12.1 Å². The van der Waals surface area contributed by atoms with Gasteiger partial charge in [0.05, 0.1) is 5.92 Å². The van der Waals surface area contributed by atoms with Crippen molar-refractivity contribution in [2.24, 2.45) is 18.9 Å². The number of carbonyl (C=O) groups is 1. The van der Waals surface area contributed by atoms with Crippen LogP contribution >= 0.6 is 0 Å². The third-order valence-electron chi connectivity index (χ3n) is 3.53. The lowest BCUT2D eigenvalue weighted by Crippen LogP contribution is -2.30. The number of hydrogen-bond acceptors (Lipinski definition) is 2. The molecule has 0 aromatic carbocycles. The van der Waals surface area contributed by atoms with Gasteiger partial charge >= 0.3 is 6.18 Å². The molecule has 0 atom stereocenters. The second-order valence-corrected chi connectivity index (χ2v) is 4.83. The molecule has 1 fully saturated rings. The molecule has 3 nitrogen and oxygen atoms in total. The quantitative estimate of drug-likeness (QED) is 0.766. The van der Waals surface area contributed by atoms with Gasteiger partial charge in [-0.15, -0.1) is 0 Å². The Kier molecular flexibility index (Phi) is 3.45. The third-order valence-corrected chi connectivity index (χ3v) is 3.53. The van der Waals surface area contributed by atoms with Gasteiger partial charge in [0.15, 0.2) is 5.78 Å². The number of alkyl halides is 3. The van der Waals surface area contributed by atoms with Gasteiger partial charge in [-0.2, -0.15) is 18.3 Å². The van der Waals surface area contributed by atoms with E-state index in [0.29, 0.717) is 18.5 Å². The van der Waals surface area contributed by atoms with Crippen molar-refractivity contribution in [1.29, 1.82) is 0 Å². The summed E-state index contributed by atoms with van der Waals surface area (Å²) in [6.07, 6.45) is -1.76. The zero-order valence-electron chi connectivity index (χ0n) is 10.1. The first-order valence-electron chi connectivity index (χ1n) is 5.98. The smallest absolute Gasteiger partial charge is 0.292 e. The Morgan fingerprint density at radius 1 is 1.33 bits per heavy atom. The molecule has 0 spiro atoms. The fourth-order valence-electron chi connectivity index (χ4n) is 2.44. The van der Waals surface area contributed by atoms with Crippen molar-refractivity contribution in [3.05, 3.63) is 18.0 Å². The summed E-state index contributed by atoms with van der Waals surface area (Å²) in [6.45, 7) is 0. The largest absolute Gasteiger partial charge is 0.391 e. The Morgan fingerprint density at radius 3 is 2.39 bits per heavy atom. The van der Waals surface area contributed by atoms with Crippen LogP contribution in [-0.4, -0.2) is 21.7 Å². The molecule has 0 amide bonds. The lowest BCUT2D eigenvalue weighted by atomic mass is 9.79. The average molecular weight is 260 g/mol. The van der Waals surface area contributed by atoms with Crippen molar-refractivity contribution in [1.82, 2.24) is 9.78 Å². The molecule has 0 bridgehead atoms. The highest BCUT2D eigenvalue weighted by Gasteiger charge is 2.42. The molecular formula is C12H15F3N2O. The minimum Gasteiger partial charge on any atom is -0.292 e. The van der Waals surface area contributed by atoms with Gasteiger partial charge in [0, 0.05) is 19.2 Å². The number of ketones is 1. The van der Waals surface area contributed by atoms with Crippen LogP contribution < -0.4 is 0 Å². The standard InChI is InChI=1S/C12H15F3N2O/c1-17-7-6-10(16-17)11(18)8-2-4-9(5-3-8)12(13,14)15/h6-9H,2-5H2,1H3. The van der Waals surface area contributed by atoms with Gasteiger partial charge in [0.25, 0.3) is 0 Å². The van der Waals surface area contributed by atoms with Crippen LogP contribution in [-0.2, 0) is 7.05 Å². The van der Waals surface area contributed by atoms with Gasteiger partial charge < -0.3 is 0 Å². The van der Waals surface area contributed by atoms with Crippen molar-refractivity contribution < 1.29 is 18.0 Å². The predicted octanol–water partition coefficient (Wildman–Crippen LogP) is 2.97. The van der Waals surface area contributed by atoms with Gasteiger partial charge in [-0.1, -0.05) is 0 Å². The van der Waals surface area contributed by atoms with E-state index in [0.717, 1.165) is 0 Å². The highest BCUT2D eigenvalue weighted by Crippen LogP contribution is 2.40. The van der Waals surface area contributed by atoms with Crippen molar-refractivity contribution in [2.75, 3.05) is 0 Å². The molecule has 1 aliphatic carbocycles. The second-order valence-electron chi connectivity index (χ2n) is 4.83. The van der Waals surface area contributed by atoms with Crippen LogP contribution in [0.3, 0.4) is 0 Å².